The smallest absolute Gasteiger partial charge is 0.0963 e. The van der Waals surface area contributed by atoms with Crippen molar-refractivity contribution in [1.29, 1.82) is 5.41 Å². The average Bonchev–Trinajstić information content (AvgIpc) is 2.86. The molecular weight excluding hydrogens is 266 g/mol. The summed E-state index contributed by atoms with van der Waals surface area (Å²) in [7, 11) is 2.20. The van der Waals surface area contributed by atoms with Gasteiger partial charge in [0.25, 0.3) is 0 Å². The third-order valence-electron chi connectivity index (χ3n) is 4.12. The molecule has 20 heavy (non-hydrogen) atoms. The first-order valence-electron chi connectivity index (χ1n) is 7.40. The van der Waals surface area contributed by atoms with E-state index < -0.39 is 0 Å². The SMILES string of the molecule is CC(Cc1cccs1)N(C)CCCCC(C)(C)C(=N)N. The highest BCUT2D eigenvalue weighted by Crippen LogP contribution is 2.23. The Balaban J connectivity index is 2.22. The average molecular weight is 295 g/mol. The second kappa shape index (κ2) is 7.79. The third kappa shape index (κ3) is 5.63. The van der Waals surface area contributed by atoms with Gasteiger partial charge in [0.15, 0.2) is 0 Å². The molecule has 0 aromatic carbocycles. The number of likely N-dealkylation sites (N-methyl/N-ethyl adjacent to an activating group) is 1. The molecule has 0 amide bonds. The number of nitrogens with zero attached hydrogens (tertiary/aromatic N) is 1. The predicted molar refractivity (Wildman–Crippen MR) is 89.7 cm³/mol. The molecule has 0 bridgehead atoms. The van der Waals surface area contributed by atoms with Gasteiger partial charge < -0.3 is 10.6 Å². The zero-order chi connectivity index (χ0) is 15.2. The Morgan fingerprint density at radius 2 is 2.15 bits per heavy atom. The van der Waals surface area contributed by atoms with Gasteiger partial charge in [0.2, 0.25) is 0 Å². The Morgan fingerprint density at radius 3 is 2.70 bits per heavy atom. The maximum Gasteiger partial charge on any atom is 0.0963 e. The predicted octanol–water partition coefficient (Wildman–Crippen LogP) is 3.74. The number of amidine groups is 1. The summed E-state index contributed by atoms with van der Waals surface area (Å²) in [4.78, 5) is 3.89. The molecule has 3 nitrogen and oxygen atoms in total. The van der Waals surface area contributed by atoms with Gasteiger partial charge in [-0.05, 0) is 51.2 Å². The van der Waals surface area contributed by atoms with Gasteiger partial charge in [-0.2, -0.15) is 0 Å². The molecule has 4 heteroatoms. The van der Waals surface area contributed by atoms with Crippen LogP contribution in [0.1, 0.15) is 44.9 Å². The monoisotopic (exact) mass is 295 g/mol. The molecule has 1 rings (SSSR count). The molecule has 3 N–H and O–H groups in total. The number of rotatable bonds is 9. The largest absolute Gasteiger partial charge is 0.387 e. The Labute approximate surface area is 127 Å². The van der Waals surface area contributed by atoms with Gasteiger partial charge in [-0.3, -0.25) is 5.41 Å². The van der Waals surface area contributed by atoms with Crippen molar-refractivity contribution in [3.05, 3.63) is 22.4 Å². The van der Waals surface area contributed by atoms with E-state index in [4.69, 9.17) is 11.1 Å². The molecule has 0 aliphatic carbocycles. The quantitative estimate of drug-likeness (QED) is 0.414. The zero-order valence-corrected chi connectivity index (χ0v) is 14.1. The Hall–Kier alpha value is -0.870. The molecule has 0 aliphatic heterocycles. The Kier molecular flexibility index (Phi) is 6.69. The van der Waals surface area contributed by atoms with Crippen molar-refractivity contribution in [2.75, 3.05) is 13.6 Å². The zero-order valence-electron chi connectivity index (χ0n) is 13.3. The minimum absolute atomic E-state index is 0.152. The third-order valence-corrected chi connectivity index (χ3v) is 5.02. The summed E-state index contributed by atoms with van der Waals surface area (Å²) in [6.45, 7) is 7.51. The van der Waals surface area contributed by atoms with Crippen LogP contribution in [0.2, 0.25) is 0 Å². The molecule has 1 heterocycles. The topological polar surface area (TPSA) is 53.1 Å². The van der Waals surface area contributed by atoms with Crippen molar-refractivity contribution in [3.8, 4) is 0 Å². The van der Waals surface area contributed by atoms with E-state index in [9.17, 15) is 0 Å². The Bertz CT molecular complexity index is 398. The highest BCUT2D eigenvalue weighted by molar-refractivity contribution is 7.09. The molecule has 1 aromatic heterocycles. The van der Waals surface area contributed by atoms with Gasteiger partial charge in [0.1, 0.15) is 0 Å². The molecule has 1 atom stereocenters. The van der Waals surface area contributed by atoms with E-state index in [1.165, 1.54) is 11.3 Å². The van der Waals surface area contributed by atoms with Crippen LogP contribution >= 0.6 is 11.3 Å². The van der Waals surface area contributed by atoms with E-state index in [0.717, 1.165) is 25.8 Å². The van der Waals surface area contributed by atoms with Crippen LogP contribution in [-0.4, -0.2) is 30.4 Å². The van der Waals surface area contributed by atoms with Crippen molar-refractivity contribution in [3.63, 3.8) is 0 Å². The molecule has 0 fully saturated rings. The van der Waals surface area contributed by atoms with E-state index >= 15 is 0 Å². The molecule has 0 saturated heterocycles. The van der Waals surface area contributed by atoms with Crippen LogP contribution in [-0.2, 0) is 6.42 Å². The molecular formula is C16H29N3S. The number of thiophene rings is 1. The summed E-state index contributed by atoms with van der Waals surface area (Å²) < 4.78 is 0. The second-order valence-corrected chi connectivity index (χ2v) is 7.40. The number of nitrogens with two attached hydrogens (primary N) is 1. The van der Waals surface area contributed by atoms with Crippen LogP contribution in [0.15, 0.2) is 17.5 Å². The number of nitrogens with one attached hydrogen (secondary N) is 1. The van der Waals surface area contributed by atoms with Gasteiger partial charge in [-0.15, -0.1) is 11.3 Å². The first-order valence-corrected chi connectivity index (χ1v) is 8.28. The summed E-state index contributed by atoms with van der Waals surface area (Å²) in [5, 5.41) is 9.71. The standard InChI is InChI=1S/C16H29N3S/c1-13(12-14-8-7-11-20-14)19(4)10-6-5-9-16(2,3)15(17)18/h7-8,11,13H,5-6,9-10,12H2,1-4H3,(H3,17,18). The summed E-state index contributed by atoms with van der Waals surface area (Å²) >= 11 is 1.84. The maximum absolute atomic E-state index is 7.56. The summed E-state index contributed by atoms with van der Waals surface area (Å²) in [6.07, 6.45) is 4.42. The number of hydrogen-bond acceptors (Lipinski definition) is 3. The van der Waals surface area contributed by atoms with Crippen LogP contribution in [0.3, 0.4) is 0 Å². The Morgan fingerprint density at radius 1 is 1.45 bits per heavy atom. The second-order valence-electron chi connectivity index (χ2n) is 6.37. The molecule has 0 spiro atoms. The molecule has 114 valence electrons. The van der Waals surface area contributed by atoms with Crippen LogP contribution < -0.4 is 5.73 Å². The maximum atomic E-state index is 7.56. The lowest BCUT2D eigenvalue weighted by Crippen LogP contribution is -2.33. The summed E-state index contributed by atoms with van der Waals surface area (Å²) in [5.41, 5.74) is 5.46. The van der Waals surface area contributed by atoms with Gasteiger partial charge in [0.05, 0.1) is 5.84 Å². The lowest BCUT2D eigenvalue weighted by atomic mass is 9.86. The van der Waals surface area contributed by atoms with Crippen LogP contribution in [0.25, 0.3) is 0 Å². The van der Waals surface area contributed by atoms with Crippen LogP contribution in [0.5, 0.6) is 0 Å². The fourth-order valence-corrected chi connectivity index (χ4v) is 2.99. The molecule has 0 saturated carbocycles. The van der Waals surface area contributed by atoms with Crippen molar-refractivity contribution < 1.29 is 0 Å². The minimum Gasteiger partial charge on any atom is -0.387 e. The molecule has 0 aliphatic rings. The van der Waals surface area contributed by atoms with Crippen molar-refractivity contribution in [2.45, 2.75) is 52.5 Å². The molecule has 0 radical (unpaired) electrons. The summed E-state index contributed by atoms with van der Waals surface area (Å²) in [5.74, 6) is 0.303. The lowest BCUT2D eigenvalue weighted by molar-refractivity contribution is 0.248. The van der Waals surface area contributed by atoms with E-state index in [0.29, 0.717) is 11.9 Å². The highest BCUT2D eigenvalue weighted by atomic mass is 32.1. The first-order chi connectivity index (χ1) is 9.33. The van der Waals surface area contributed by atoms with Crippen molar-refractivity contribution in [2.24, 2.45) is 11.1 Å². The fourth-order valence-electron chi connectivity index (χ4n) is 2.16. The molecule has 1 unspecified atom stereocenters. The van der Waals surface area contributed by atoms with Gasteiger partial charge >= 0.3 is 0 Å². The minimum atomic E-state index is -0.152. The number of hydrogen-bond donors (Lipinski definition) is 2. The van der Waals surface area contributed by atoms with Crippen molar-refractivity contribution >= 4 is 17.2 Å². The summed E-state index contributed by atoms with van der Waals surface area (Å²) in [6, 6.07) is 4.91. The van der Waals surface area contributed by atoms with E-state index in [1.54, 1.807) is 0 Å². The molecule has 1 aromatic rings. The van der Waals surface area contributed by atoms with Crippen LogP contribution in [0, 0.1) is 10.8 Å². The lowest BCUT2D eigenvalue weighted by Gasteiger charge is -2.26. The van der Waals surface area contributed by atoms with Crippen LogP contribution in [0.4, 0.5) is 0 Å². The van der Waals surface area contributed by atoms with E-state index in [-0.39, 0.29) is 5.41 Å². The van der Waals surface area contributed by atoms with Gasteiger partial charge in [-0.25, -0.2) is 0 Å². The normalized spacial score (nSPS) is 13.7. The van der Waals surface area contributed by atoms with Gasteiger partial charge in [-0.1, -0.05) is 26.3 Å². The van der Waals surface area contributed by atoms with E-state index in [1.807, 2.05) is 11.3 Å². The van der Waals surface area contributed by atoms with Crippen molar-refractivity contribution in [1.82, 2.24) is 4.90 Å². The van der Waals surface area contributed by atoms with E-state index in [2.05, 4.69) is 50.2 Å². The number of unbranched alkanes of at least 4 members (excludes halogenated alkanes) is 1. The van der Waals surface area contributed by atoms with Gasteiger partial charge in [0, 0.05) is 16.3 Å². The first kappa shape index (κ1) is 17.2. The highest BCUT2D eigenvalue weighted by Gasteiger charge is 2.20. The fraction of sp³-hybridized carbons (Fsp3) is 0.688.